The fourth-order valence-electron chi connectivity index (χ4n) is 7.28. The van der Waals surface area contributed by atoms with Crippen LogP contribution in [0.25, 0.3) is 11.1 Å². The third-order valence-electron chi connectivity index (χ3n) is 8.58. The Morgan fingerprint density at radius 1 is 0.472 bits per heavy atom. The Bertz CT molecular complexity index is 1370. The van der Waals surface area contributed by atoms with Gasteiger partial charge in [0.15, 0.2) is 0 Å². The van der Waals surface area contributed by atoms with Gasteiger partial charge in [-0.2, -0.15) is 0 Å². The molecule has 174 valence electrons. The summed E-state index contributed by atoms with van der Waals surface area (Å²) in [5.74, 6) is 2.36. The molecule has 0 nitrogen and oxygen atoms in total. The molecule has 0 unspecified atom stereocenters. The van der Waals surface area contributed by atoms with Crippen molar-refractivity contribution in [2.75, 3.05) is 0 Å². The van der Waals surface area contributed by atoms with Gasteiger partial charge in [-0.15, -0.1) is 0 Å². The second kappa shape index (κ2) is 8.95. The highest BCUT2D eigenvalue weighted by molar-refractivity contribution is 5.87. The molecule has 0 heteroatoms. The van der Waals surface area contributed by atoms with Crippen LogP contribution in [0.2, 0.25) is 0 Å². The van der Waals surface area contributed by atoms with E-state index in [1.165, 1.54) is 51.8 Å². The zero-order chi connectivity index (χ0) is 23.9. The molecule has 0 radical (unpaired) electrons. The summed E-state index contributed by atoms with van der Waals surface area (Å²) in [4.78, 5) is 0. The second-order valence-corrected chi connectivity index (χ2v) is 10.4. The topological polar surface area (TPSA) is 0 Å². The molecule has 7 rings (SSSR count). The lowest BCUT2D eigenvalue weighted by Gasteiger charge is -2.27. The van der Waals surface area contributed by atoms with Crippen molar-refractivity contribution in [2.24, 2.45) is 23.7 Å². The molecule has 4 aromatic rings. The maximum absolute atomic E-state index is 2.54. The van der Waals surface area contributed by atoms with E-state index in [1.807, 2.05) is 0 Å². The van der Waals surface area contributed by atoms with Crippen molar-refractivity contribution < 1.29 is 0 Å². The van der Waals surface area contributed by atoms with Crippen LogP contribution in [0.1, 0.15) is 35.1 Å². The van der Waals surface area contributed by atoms with E-state index in [0.29, 0.717) is 23.7 Å². The van der Waals surface area contributed by atoms with Crippen LogP contribution in [0.3, 0.4) is 0 Å². The van der Waals surface area contributed by atoms with Crippen LogP contribution in [-0.2, 0) is 0 Å². The maximum Gasteiger partial charge on any atom is -0.00208 e. The van der Waals surface area contributed by atoms with E-state index in [4.69, 9.17) is 0 Å². The first-order chi connectivity index (χ1) is 17.9. The maximum atomic E-state index is 2.54. The molecule has 0 N–H and O–H groups in total. The molecule has 0 spiro atoms. The van der Waals surface area contributed by atoms with E-state index in [-0.39, 0.29) is 0 Å². The molecular weight excluding hydrogens is 432 g/mol. The van der Waals surface area contributed by atoms with Crippen molar-refractivity contribution in [2.45, 2.75) is 12.8 Å². The van der Waals surface area contributed by atoms with Gasteiger partial charge >= 0.3 is 0 Å². The van der Waals surface area contributed by atoms with Crippen LogP contribution in [0.5, 0.6) is 0 Å². The standard InChI is InChI=1S/C36H30/c1-5-13-25(14-6-1)33(26-15-7-2-8-16-26)31-23-21-29-30-22-24-32(35(29)31)36(30)34(27-17-9-3-10-18-27)28-19-11-4-12-20-28/h1-21,23,29-30,32,35H,22,24H2/t29-,30+,32+,35-/m0/s1. The first kappa shape index (κ1) is 21.4. The molecule has 4 atom stereocenters. The molecule has 0 aliphatic heterocycles. The third kappa shape index (κ3) is 3.44. The van der Waals surface area contributed by atoms with Gasteiger partial charge in [0.25, 0.3) is 0 Å². The predicted octanol–water partition coefficient (Wildman–Crippen LogP) is 8.83. The number of rotatable bonds is 4. The molecule has 2 fully saturated rings. The lowest BCUT2D eigenvalue weighted by Crippen LogP contribution is -2.19. The molecule has 0 amide bonds. The molecule has 2 bridgehead atoms. The van der Waals surface area contributed by atoms with E-state index in [1.54, 1.807) is 5.57 Å². The Balaban J connectivity index is 1.44. The van der Waals surface area contributed by atoms with Gasteiger partial charge in [0.05, 0.1) is 0 Å². The summed E-state index contributed by atoms with van der Waals surface area (Å²) >= 11 is 0. The minimum Gasteiger partial charge on any atom is -0.0799 e. The zero-order valence-corrected chi connectivity index (χ0v) is 20.4. The minimum atomic E-state index is 0.552. The van der Waals surface area contributed by atoms with E-state index < -0.39 is 0 Å². The molecule has 4 aromatic carbocycles. The SMILES string of the molecule is C1=C[C@@H]2[C@@H](C1=C(c1ccccc1)c1ccccc1)[C@H]1CC[C@H]2C1=C(c1ccccc1)c1ccccc1. The Morgan fingerprint density at radius 2 is 0.889 bits per heavy atom. The summed E-state index contributed by atoms with van der Waals surface area (Å²) in [5, 5.41) is 0. The third-order valence-corrected chi connectivity index (χ3v) is 8.58. The number of hydrogen-bond acceptors (Lipinski definition) is 0. The molecule has 3 aliphatic carbocycles. The highest BCUT2D eigenvalue weighted by Crippen LogP contribution is 2.64. The highest BCUT2D eigenvalue weighted by atomic mass is 14.6. The van der Waals surface area contributed by atoms with Gasteiger partial charge in [0, 0.05) is 0 Å². The average molecular weight is 463 g/mol. The highest BCUT2D eigenvalue weighted by Gasteiger charge is 2.54. The van der Waals surface area contributed by atoms with E-state index in [2.05, 4.69) is 133 Å². The molecule has 3 aliphatic rings. The Hall–Kier alpha value is -3.90. The van der Waals surface area contributed by atoms with Crippen molar-refractivity contribution in [1.82, 2.24) is 0 Å². The summed E-state index contributed by atoms with van der Waals surface area (Å²) in [7, 11) is 0. The molecule has 0 aromatic heterocycles. The monoisotopic (exact) mass is 462 g/mol. The van der Waals surface area contributed by atoms with Crippen LogP contribution < -0.4 is 0 Å². The fraction of sp³-hybridized carbons (Fsp3) is 0.167. The smallest absolute Gasteiger partial charge is 0.00208 e. The molecule has 0 heterocycles. The Labute approximate surface area is 214 Å². The molecule has 36 heavy (non-hydrogen) atoms. The van der Waals surface area contributed by atoms with Gasteiger partial charge in [0.1, 0.15) is 0 Å². The fourth-order valence-corrected chi connectivity index (χ4v) is 7.28. The predicted molar refractivity (Wildman–Crippen MR) is 150 cm³/mol. The lowest BCUT2D eigenvalue weighted by molar-refractivity contribution is 0.322. The number of hydrogen-bond donors (Lipinski definition) is 0. The summed E-state index contributed by atoms with van der Waals surface area (Å²) in [6.07, 6.45) is 7.60. The number of benzene rings is 4. The number of allylic oxidation sites excluding steroid dienone is 4. The summed E-state index contributed by atoms with van der Waals surface area (Å²) < 4.78 is 0. The van der Waals surface area contributed by atoms with E-state index >= 15 is 0 Å². The van der Waals surface area contributed by atoms with E-state index in [9.17, 15) is 0 Å². The molecule has 2 saturated carbocycles. The van der Waals surface area contributed by atoms with Crippen molar-refractivity contribution in [3.8, 4) is 0 Å². The molecule has 0 saturated heterocycles. The normalized spacial score (nSPS) is 23.7. The van der Waals surface area contributed by atoms with Crippen LogP contribution in [0.4, 0.5) is 0 Å². The Morgan fingerprint density at radius 3 is 1.36 bits per heavy atom. The van der Waals surface area contributed by atoms with Crippen LogP contribution in [0.15, 0.2) is 145 Å². The van der Waals surface area contributed by atoms with Gasteiger partial charge in [-0.05, 0) is 75.5 Å². The Kier molecular flexibility index (Phi) is 5.32. The van der Waals surface area contributed by atoms with Gasteiger partial charge in [-0.1, -0.05) is 139 Å². The van der Waals surface area contributed by atoms with Gasteiger partial charge in [0.2, 0.25) is 0 Å². The summed E-state index contributed by atoms with van der Waals surface area (Å²) in [6.45, 7) is 0. The minimum absolute atomic E-state index is 0.552. The van der Waals surface area contributed by atoms with Crippen molar-refractivity contribution in [3.63, 3.8) is 0 Å². The van der Waals surface area contributed by atoms with Gasteiger partial charge < -0.3 is 0 Å². The van der Waals surface area contributed by atoms with Crippen molar-refractivity contribution in [3.05, 3.63) is 167 Å². The second-order valence-electron chi connectivity index (χ2n) is 10.4. The first-order valence-electron chi connectivity index (χ1n) is 13.3. The van der Waals surface area contributed by atoms with Crippen LogP contribution in [0, 0.1) is 23.7 Å². The van der Waals surface area contributed by atoms with Crippen molar-refractivity contribution in [1.29, 1.82) is 0 Å². The lowest BCUT2D eigenvalue weighted by atomic mass is 9.76. The van der Waals surface area contributed by atoms with Gasteiger partial charge in [-0.25, -0.2) is 0 Å². The quantitative estimate of drug-likeness (QED) is 0.284. The zero-order valence-electron chi connectivity index (χ0n) is 20.4. The average Bonchev–Trinajstić information content (AvgIpc) is 3.64. The van der Waals surface area contributed by atoms with E-state index in [0.717, 1.165) is 0 Å². The van der Waals surface area contributed by atoms with Crippen LogP contribution >= 0.6 is 0 Å². The van der Waals surface area contributed by atoms with Crippen LogP contribution in [-0.4, -0.2) is 0 Å². The van der Waals surface area contributed by atoms with Gasteiger partial charge in [-0.3, -0.25) is 0 Å². The summed E-state index contributed by atoms with van der Waals surface area (Å²) in [5.41, 5.74) is 11.5. The van der Waals surface area contributed by atoms with Crippen molar-refractivity contribution >= 4 is 11.1 Å². The molecular formula is C36H30. The first-order valence-corrected chi connectivity index (χ1v) is 13.3. The number of fused-ring (bicyclic) bond motifs is 5. The largest absolute Gasteiger partial charge is 0.0799 e. The summed E-state index contributed by atoms with van der Waals surface area (Å²) in [6, 6.07) is 44.2.